The van der Waals surface area contributed by atoms with E-state index in [1.165, 1.54) is 19.3 Å². The van der Waals surface area contributed by atoms with Gasteiger partial charge in [-0.15, -0.1) is 0 Å². The van der Waals surface area contributed by atoms with Crippen LogP contribution < -0.4 is 15.4 Å². The molecule has 2 aromatic rings. The zero-order valence-corrected chi connectivity index (χ0v) is 20.0. The quantitative estimate of drug-likeness (QED) is 0.376. The number of unbranched alkanes of at least 4 members (excludes halogenated alkanes) is 3. The van der Waals surface area contributed by atoms with Crippen molar-refractivity contribution in [2.24, 2.45) is 0 Å². The maximum atomic E-state index is 12.4. The van der Waals surface area contributed by atoms with Gasteiger partial charge in [-0.1, -0.05) is 38.3 Å². The number of nitrogens with zero attached hydrogens (tertiary/aromatic N) is 1. The summed E-state index contributed by atoms with van der Waals surface area (Å²) in [4.78, 5) is 25.7. The fourth-order valence-electron chi connectivity index (χ4n) is 2.99. The number of anilines is 1. The number of hydrogen-bond acceptors (Lipinski definition) is 4. The molecule has 0 aliphatic carbocycles. The van der Waals surface area contributed by atoms with Crippen LogP contribution in [0, 0.1) is 0 Å². The number of hydrogen-bond donors (Lipinski definition) is 2. The van der Waals surface area contributed by atoms with E-state index in [2.05, 4.69) is 17.6 Å². The lowest BCUT2D eigenvalue weighted by atomic mass is 10.1. The molecule has 6 nitrogen and oxygen atoms in total. The molecular formula is C25H33N3O3S. The second-order valence-electron chi connectivity index (χ2n) is 7.83. The fraction of sp³-hybridized carbons (Fsp3) is 0.400. The van der Waals surface area contributed by atoms with Gasteiger partial charge >= 0.3 is 0 Å². The lowest BCUT2D eigenvalue weighted by Crippen LogP contribution is -2.34. The van der Waals surface area contributed by atoms with E-state index in [-0.39, 0.29) is 16.9 Å². The second kappa shape index (κ2) is 13.5. The Bertz CT molecular complexity index is 880. The van der Waals surface area contributed by atoms with Crippen LogP contribution in [0.15, 0.2) is 48.5 Å². The minimum absolute atomic E-state index is 0.0997. The Morgan fingerprint density at radius 3 is 2.28 bits per heavy atom. The van der Waals surface area contributed by atoms with Crippen LogP contribution in [0.2, 0.25) is 0 Å². The number of thiocarbonyl (C=S) groups is 1. The molecule has 7 heteroatoms. The van der Waals surface area contributed by atoms with Crippen LogP contribution in [0.3, 0.4) is 0 Å². The summed E-state index contributed by atoms with van der Waals surface area (Å²) >= 11 is 5.26. The highest BCUT2D eigenvalue weighted by Gasteiger charge is 2.09. The fourth-order valence-corrected chi connectivity index (χ4v) is 3.20. The van der Waals surface area contributed by atoms with E-state index in [1.54, 1.807) is 43.3 Å². The topological polar surface area (TPSA) is 70.7 Å². The first-order chi connectivity index (χ1) is 15.4. The van der Waals surface area contributed by atoms with Crippen LogP contribution in [-0.2, 0) is 11.2 Å². The van der Waals surface area contributed by atoms with E-state index in [4.69, 9.17) is 17.0 Å². The summed E-state index contributed by atoms with van der Waals surface area (Å²) in [7, 11) is 3.50. The van der Waals surface area contributed by atoms with E-state index in [0.717, 1.165) is 23.4 Å². The molecular weight excluding hydrogens is 422 g/mol. The van der Waals surface area contributed by atoms with Gasteiger partial charge in [-0.25, -0.2) is 0 Å². The normalized spacial score (nSPS) is 10.3. The van der Waals surface area contributed by atoms with Crippen molar-refractivity contribution >= 4 is 34.8 Å². The minimum Gasteiger partial charge on any atom is -0.494 e. The SMILES string of the molecule is CCCCCCOc1ccc(C(=O)NC(=S)Nc2ccc(CCC(=O)N(C)C)cc2)cc1. The molecule has 0 spiro atoms. The lowest BCUT2D eigenvalue weighted by Gasteiger charge is -2.12. The van der Waals surface area contributed by atoms with Crippen LogP contribution in [0.25, 0.3) is 0 Å². The molecule has 0 unspecified atom stereocenters. The molecule has 172 valence electrons. The van der Waals surface area contributed by atoms with Gasteiger partial charge in [-0.2, -0.15) is 0 Å². The van der Waals surface area contributed by atoms with Gasteiger partial charge in [0.1, 0.15) is 5.75 Å². The Labute approximate surface area is 196 Å². The Kier molecular flexibility index (Phi) is 10.7. The van der Waals surface area contributed by atoms with E-state index in [9.17, 15) is 9.59 Å². The molecule has 2 aromatic carbocycles. The molecule has 0 aromatic heterocycles. The molecule has 0 bridgehead atoms. The van der Waals surface area contributed by atoms with Crippen molar-refractivity contribution in [1.82, 2.24) is 10.2 Å². The molecule has 32 heavy (non-hydrogen) atoms. The number of carbonyl (C=O) groups excluding carboxylic acids is 2. The zero-order chi connectivity index (χ0) is 23.3. The van der Waals surface area contributed by atoms with Crippen LogP contribution in [0.5, 0.6) is 5.75 Å². The van der Waals surface area contributed by atoms with Gasteiger partial charge in [0.2, 0.25) is 5.91 Å². The highest BCUT2D eigenvalue weighted by atomic mass is 32.1. The van der Waals surface area contributed by atoms with Crippen molar-refractivity contribution in [1.29, 1.82) is 0 Å². The first kappa shape index (κ1) is 25.3. The molecule has 2 N–H and O–H groups in total. The number of benzene rings is 2. The average Bonchev–Trinajstić information content (AvgIpc) is 2.78. The van der Waals surface area contributed by atoms with Crippen molar-refractivity contribution < 1.29 is 14.3 Å². The third kappa shape index (κ3) is 9.06. The van der Waals surface area contributed by atoms with Crippen molar-refractivity contribution in [3.05, 3.63) is 59.7 Å². The maximum Gasteiger partial charge on any atom is 0.257 e. The second-order valence-corrected chi connectivity index (χ2v) is 8.24. The van der Waals surface area contributed by atoms with E-state index in [1.807, 2.05) is 24.3 Å². The molecule has 0 atom stereocenters. The standard InChI is InChI=1S/C25H33N3O3S/c1-4-5-6-7-18-31-22-15-11-20(12-16-22)24(30)27-25(32)26-21-13-8-19(9-14-21)10-17-23(29)28(2)3/h8-9,11-16H,4-7,10,17-18H2,1-3H3,(H2,26,27,30,32). The Balaban J connectivity index is 1.77. The number of aryl methyl sites for hydroxylation is 1. The summed E-state index contributed by atoms with van der Waals surface area (Å²) in [6.07, 6.45) is 5.77. The van der Waals surface area contributed by atoms with Crippen LogP contribution in [0.4, 0.5) is 5.69 Å². The smallest absolute Gasteiger partial charge is 0.257 e. The summed E-state index contributed by atoms with van der Waals surface area (Å²) in [6, 6.07) is 14.7. The maximum absolute atomic E-state index is 12.4. The number of nitrogens with one attached hydrogen (secondary N) is 2. The zero-order valence-electron chi connectivity index (χ0n) is 19.1. The lowest BCUT2D eigenvalue weighted by molar-refractivity contribution is -0.128. The van der Waals surface area contributed by atoms with Gasteiger partial charge in [0, 0.05) is 31.8 Å². The molecule has 0 radical (unpaired) electrons. The first-order valence-electron chi connectivity index (χ1n) is 11.0. The van der Waals surface area contributed by atoms with Crippen LogP contribution in [-0.4, -0.2) is 42.5 Å². The van der Waals surface area contributed by atoms with Crippen molar-refractivity contribution in [2.75, 3.05) is 26.0 Å². The third-order valence-electron chi connectivity index (χ3n) is 4.95. The predicted molar refractivity (Wildman–Crippen MR) is 133 cm³/mol. The average molecular weight is 456 g/mol. The third-order valence-corrected chi connectivity index (χ3v) is 5.15. The van der Waals surface area contributed by atoms with Gasteiger partial charge in [0.15, 0.2) is 5.11 Å². The van der Waals surface area contributed by atoms with Gasteiger partial charge in [-0.05, 0) is 67.0 Å². The molecule has 0 heterocycles. The largest absolute Gasteiger partial charge is 0.494 e. The Morgan fingerprint density at radius 2 is 1.66 bits per heavy atom. The number of amides is 2. The summed E-state index contributed by atoms with van der Waals surface area (Å²) in [6.45, 7) is 2.87. The Morgan fingerprint density at radius 1 is 0.969 bits per heavy atom. The van der Waals surface area contributed by atoms with Gasteiger partial charge in [0.25, 0.3) is 5.91 Å². The van der Waals surface area contributed by atoms with Crippen LogP contribution in [0.1, 0.15) is 54.9 Å². The van der Waals surface area contributed by atoms with Crippen molar-refractivity contribution in [2.45, 2.75) is 45.4 Å². The molecule has 0 saturated carbocycles. The monoisotopic (exact) mass is 455 g/mol. The van der Waals surface area contributed by atoms with Crippen LogP contribution >= 0.6 is 12.2 Å². The first-order valence-corrected chi connectivity index (χ1v) is 11.4. The molecule has 0 fully saturated rings. The van der Waals surface area contributed by atoms with Crippen molar-refractivity contribution in [3.63, 3.8) is 0 Å². The number of ether oxygens (including phenoxy) is 1. The van der Waals surface area contributed by atoms with E-state index in [0.29, 0.717) is 25.0 Å². The Hall–Kier alpha value is -2.93. The van der Waals surface area contributed by atoms with Gasteiger partial charge in [0.05, 0.1) is 6.61 Å². The highest BCUT2D eigenvalue weighted by Crippen LogP contribution is 2.14. The summed E-state index contributed by atoms with van der Waals surface area (Å²) < 4.78 is 5.71. The van der Waals surface area contributed by atoms with E-state index >= 15 is 0 Å². The molecule has 0 aliphatic heterocycles. The summed E-state index contributed by atoms with van der Waals surface area (Å²) in [5.74, 6) is 0.574. The van der Waals surface area contributed by atoms with Gasteiger partial charge < -0.3 is 15.0 Å². The van der Waals surface area contributed by atoms with Gasteiger partial charge in [-0.3, -0.25) is 14.9 Å². The highest BCUT2D eigenvalue weighted by molar-refractivity contribution is 7.80. The molecule has 0 aliphatic rings. The predicted octanol–water partition coefficient (Wildman–Crippen LogP) is 4.79. The molecule has 2 rings (SSSR count). The summed E-state index contributed by atoms with van der Waals surface area (Å²) in [5, 5.41) is 5.92. The minimum atomic E-state index is -0.282. The number of rotatable bonds is 11. The van der Waals surface area contributed by atoms with Crippen molar-refractivity contribution in [3.8, 4) is 5.75 Å². The number of carbonyl (C=O) groups is 2. The molecule has 0 saturated heterocycles. The molecule has 2 amide bonds. The summed E-state index contributed by atoms with van der Waals surface area (Å²) in [5.41, 5.74) is 2.34. The van der Waals surface area contributed by atoms with E-state index < -0.39 is 0 Å².